The predicted octanol–water partition coefficient (Wildman–Crippen LogP) is 2.82. The molecule has 0 spiro atoms. The zero-order chi connectivity index (χ0) is 17.1. The molecular formula is C15H11FN4O4. The summed E-state index contributed by atoms with van der Waals surface area (Å²) in [5.41, 5.74) is -0.650. The van der Waals surface area contributed by atoms with E-state index in [0.717, 1.165) is 18.2 Å². The fourth-order valence-electron chi connectivity index (χ4n) is 2.08. The largest absolute Gasteiger partial charge is 0.454 e. The van der Waals surface area contributed by atoms with E-state index in [9.17, 15) is 19.3 Å². The van der Waals surface area contributed by atoms with Gasteiger partial charge in [-0.25, -0.2) is 4.39 Å². The molecule has 0 aliphatic carbocycles. The van der Waals surface area contributed by atoms with Crippen molar-refractivity contribution >= 4 is 17.3 Å². The van der Waals surface area contributed by atoms with Gasteiger partial charge in [0.15, 0.2) is 5.76 Å². The van der Waals surface area contributed by atoms with Crippen LogP contribution in [0, 0.1) is 15.9 Å². The minimum atomic E-state index is -0.774. The van der Waals surface area contributed by atoms with E-state index in [0.29, 0.717) is 12.3 Å². The highest BCUT2D eigenvalue weighted by atomic mass is 19.1. The number of hydrogen-bond donors (Lipinski definition) is 1. The van der Waals surface area contributed by atoms with Crippen LogP contribution in [0.1, 0.15) is 16.3 Å². The summed E-state index contributed by atoms with van der Waals surface area (Å²) in [7, 11) is 0. The van der Waals surface area contributed by atoms with Crippen molar-refractivity contribution < 1.29 is 18.5 Å². The highest BCUT2D eigenvalue weighted by Crippen LogP contribution is 2.25. The third kappa shape index (κ3) is 3.29. The van der Waals surface area contributed by atoms with E-state index >= 15 is 0 Å². The van der Waals surface area contributed by atoms with Crippen molar-refractivity contribution in [3.63, 3.8) is 0 Å². The number of aromatic nitrogens is 2. The Morgan fingerprint density at radius 3 is 2.92 bits per heavy atom. The van der Waals surface area contributed by atoms with Gasteiger partial charge >= 0.3 is 0 Å². The molecule has 122 valence electrons. The van der Waals surface area contributed by atoms with Gasteiger partial charge in [0.1, 0.15) is 17.3 Å². The van der Waals surface area contributed by atoms with Crippen molar-refractivity contribution in [1.82, 2.24) is 9.78 Å². The summed E-state index contributed by atoms with van der Waals surface area (Å²) in [5, 5.41) is 17.3. The number of nitrogens with zero attached hydrogens (tertiary/aromatic N) is 3. The molecule has 8 nitrogen and oxygen atoms in total. The summed E-state index contributed by atoms with van der Waals surface area (Å²) < 4.78 is 20.1. The van der Waals surface area contributed by atoms with Crippen LogP contribution in [-0.4, -0.2) is 20.6 Å². The lowest BCUT2D eigenvalue weighted by molar-refractivity contribution is -0.384. The van der Waals surface area contributed by atoms with Crippen molar-refractivity contribution in [2.24, 2.45) is 0 Å². The fraction of sp³-hybridized carbons (Fsp3) is 0.0667. The molecule has 0 saturated heterocycles. The van der Waals surface area contributed by atoms with Crippen LogP contribution in [-0.2, 0) is 6.54 Å². The first-order valence-electron chi connectivity index (χ1n) is 6.84. The molecule has 24 heavy (non-hydrogen) atoms. The van der Waals surface area contributed by atoms with Crippen LogP contribution >= 0.6 is 0 Å². The average molecular weight is 330 g/mol. The van der Waals surface area contributed by atoms with Gasteiger partial charge in [-0.05, 0) is 30.3 Å². The Hall–Kier alpha value is -3.49. The van der Waals surface area contributed by atoms with E-state index in [1.54, 1.807) is 29.2 Å². The maximum absolute atomic E-state index is 13.1. The number of anilines is 1. The maximum atomic E-state index is 13.1. The third-order valence-electron chi connectivity index (χ3n) is 3.17. The first kappa shape index (κ1) is 15.4. The van der Waals surface area contributed by atoms with Crippen LogP contribution in [0.2, 0.25) is 0 Å². The van der Waals surface area contributed by atoms with Gasteiger partial charge in [-0.1, -0.05) is 0 Å². The molecule has 1 N–H and O–H groups in total. The summed E-state index contributed by atoms with van der Waals surface area (Å²) in [5.74, 6) is -0.955. The van der Waals surface area contributed by atoms with Crippen molar-refractivity contribution in [1.29, 1.82) is 0 Å². The van der Waals surface area contributed by atoms with Crippen LogP contribution in [0.25, 0.3) is 0 Å². The smallest absolute Gasteiger partial charge is 0.295 e. The van der Waals surface area contributed by atoms with E-state index < -0.39 is 22.3 Å². The third-order valence-corrected chi connectivity index (χ3v) is 3.17. The number of rotatable bonds is 5. The molecular weight excluding hydrogens is 319 g/mol. The quantitative estimate of drug-likeness (QED) is 0.572. The first-order valence-corrected chi connectivity index (χ1v) is 6.84. The monoisotopic (exact) mass is 330 g/mol. The number of halogens is 1. The summed E-state index contributed by atoms with van der Waals surface area (Å²) in [4.78, 5) is 22.3. The van der Waals surface area contributed by atoms with Gasteiger partial charge in [-0.2, -0.15) is 5.10 Å². The first-order chi connectivity index (χ1) is 11.5. The molecule has 3 aromatic rings. The van der Waals surface area contributed by atoms with E-state index in [1.807, 2.05) is 0 Å². The van der Waals surface area contributed by atoms with Gasteiger partial charge in [0.05, 0.1) is 17.5 Å². The second-order valence-electron chi connectivity index (χ2n) is 4.84. The van der Waals surface area contributed by atoms with Crippen LogP contribution < -0.4 is 5.32 Å². The minimum Gasteiger partial charge on any atom is -0.454 e. The maximum Gasteiger partial charge on any atom is 0.295 e. The lowest BCUT2D eigenvalue weighted by Crippen LogP contribution is -2.12. The summed E-state index contributed by atoms with van der Waals surface area (Å²) in [6.07, 6.45) is 3.36. The highest BCUT2D eigenvalue weighted by Gasteiger charge is 2.19. The van der Waals surface area contributed by atoms with E-state index in [2.05, 4.69) is 10.4 Å². The number of hydrogen-bond acceptors (Lipinski definition) is 5. The summed E-state index contributed by atoms with van der Waals surface area (Å²) in [6, 6.07) is 7.69. The fourth-order valence-corrected chi connectivity index (χ4v) is 2.08. The van der Waals surface area contributed by atoms with Crippen LogP contribution in [0.4, 0.5) is 15.8 Å². The predicted molar refractivity (Wildman–Crippen MR) is 81.0 cm³/mol. The molecule has 0 unspecified atom stereocenters. The number of amides is 1. The summed E-state index contributed by atoms with van der Waals surface area (Å²) >= 11 is 0. The van der Waals surface area contributed by atoms with Crippen molar-refractivity contribution in [3.8, 4) is 0 Å². The standard InChI is InChI=1S/C15H11FN4O4/c16-10-2-4-12(13(8-10)20(22)23)18-15(21)14-5-3-11(24-14)9-19-7-1-6-17-19/h1-8H,9H2,(H,18,21). The van der Waals surface area contributed by atoms with Crippen molar-refractivity contribution in [2.45, 2.75) is 6.54 Å². The van der Waals surface area contributed by atoms with Gasteiger partial charge < -0.3 is 9.73 Å². The van der Waals surface area contributed by atoms with Crippen LogP contribution in [0.5, 0.6) is 0 Å². The molecule has 0 radical (unpaired) electrons. The van der Waals surface area contributed by atoms with Crippen molar-refractivity contribution in [3.05, 3.63) is 76.2 Å². The lowest BCUT2D eigenvalue weighted by Gasteiger charge is -2.04. The molecule has 1 aromatic carbocycles. The second kappa shape index (κ2) is 6.32. The van der Waals surface area contributed by atoms with Crippen molar-refractivity contribution in [2.75, 3.05) is 5.32 Å². The number of benzene rings is 1. The van der Waals surface area contributed by atoms with Gasteiger partial charge in [0.2, 0.25) is 0 Å². The molecule has 0 saturated carbocycles. The molecule has 0 atom stereocenters. The highest BCUT2D eigenvalue weighted by molar-refractivity contribution is 6.03. The molecule has 3 rings (SSSR count). The number of nitrogens with one attached hydrogen (secondary N) is 1. The molecule has 2 heterocycles. The van der Waals surface area contributed by atoms with E-state index in [1.165, 1.54) is 6.07 Å². The molecule has 9 heteroatoms. The number of nitro benzene ring substituents is 1. The zero-order valence-electron chi connectivity index (χ0n) is 12.2. The zero-order valence-corrected chi connectivity index (χ0v) is 12.2. The molecule has 1 amide bonds. The number of furan rings is 1. The van der Waals surface area contributed by atoms with Gasteiger partial charge in [0.25, 0.3) is 11.6 Å². The normalized spacial score (nSPS) is 10.5. The topological polar surface area (TPSA) is 103 Å². The van der Waals surface area contributed by atoms with Gasteiger partial charge in [0, 0.05) is 12.4 Å². The second-order valence-corrected chi connectivity index (χ2v) is 4.84. The minimum absolute atomic E-state index is 0.0178. The molecule has 0 aliphatic rings. The Balaban J connectivity index is 1.76. The number of nitro groups is 1. The molecule has 0 fully saturated rings. The van der Waals surface area contributed by atoms with Gasteiger partial charge in [-0.3, -0.25) is 19.6 Å². The Bertz CT molecular complexity index is 889. The molecule has 0 aliphatic heterocycles. The lowest BCUT2D eigenvalue weighted by atomic mass is 10.2. The van der Waals surface area contributed by atoms with Crippen LogP contribution in [0.15, 0.2) is 53.2 Å². The average Bonchev–Trinajstić information content (AvgIpc) is 3.21. The Labute approximate surface area is 134 Å². The molecule has 2 aromatic heterocycles. The van der Waals surface area contributed by atoms with E-state index in [-0.39, 0.29) is 11.4 Å². The molecule has 0 bridgehead atoms. The Kier molecular flexibility index (Phi) is 4.06. The van der Waals surface area contributed by atoms with Gasteiger partial charge in [-0.15, -0.1) is 0 Å². The number of carbonyl (C=O) groups is 1. The van der Waals surface area contributed by atoms with E-state index in [4.69, 9.17) is 4.42 Å². The van der Waals surface area contributed by atoms with Crippen LogP contribution in [0.3, 0.4) is 0 Å². The Morgan fingerprint density at radius 2 is 2.21 bits per heavy atom. The summed E-state index contributed by atoms with van der Waals surface area (Å²) in [6.45, 7) is 0.344. The Morgan fingerprint density at radius 1 is 1.38 bits per heavy atom. The SMILES string of the molecule is O=C(Nc1ccc(F)cc1[N+](=O)[O-])c1ccc(Cn2cccn2)o1. The number of carbonyl (C=O) groups excluding carboxylic acids is 1.